The van der Waals surface area contributed by atoms with Gasteiger partial charge in [-0.1, -0.05) is 28.1 Å². The van der Waals surface area contributed by atoms with Gasteiger partial charge in [0, 0.05) is 23.2 Å². The first kappa shape index (κ1) is 23.0. The lowest BCUT2D eigenvalue weighted by Crippen LogP contribution is -2.40. The third-order valence-corrected chi connectivity index (χ3v) is 5.77. The van der Waals surface area contributed by atoms with Gasteiger partial charge in [-0.25, -0.2) is 9.59 Å². The average Bonchev–Trinajstić information content (AvgIpc) is 2.79. The molecule has 31 heavy (non-hydrogen) atoms. The van der Waals surface area contributed by atoms with Crippen LogP contribution in [0.25, 0.3) is 0 Å². The number of benzene rings is 2. The van der Waals surface area contributed by atoms with Crippen molar-refractivity contribution in [1.82, 2.24) is 4.90 Å². The number of nitrogens with zero attached hydrogens (tertiary/aromatic N) is 1. The largest absolute Gasteiger partial charge is 0.465 e. The molecule has 0 aliphatic carbocycles. The molecule has 1 amide bonds. The van der Waals surface area contributed by atoms with E-state index in [9.17, 15) is 14.4 Å². The maximum atomic E-state index is 12.9. The van der Waals surface area contributed by atoms with E-state index in [4.69, 9.17) is 9.47 Å². The number of nitrogens with one attached hydrogen (secondary N) is 1. The van der Waals surface area contributed by atoms with Gasteiger partial charge >= 0.3 is 11.9 Å². The number of rotatable bonds is 6. The first-order valence-corrected chi connectivity index (χ1v) is 10.8. The molecule has 1 fully saturated rings. The van der Waals surface area contributed by atoms with Crippen LogP contribution in [-0.2, 0) is 20.8 Å². The van der Waals surface area contributed by atoms with Crippen LogP contribution in [0.3, 0.4) is 0 Å². The maximum absolute atomic E-state index is 12.9. The quantitative estimate of drug-likeness (QED) is 0.621. The molecule has 2 aromatic rings. The molecule has 3 rings (SSSR count). The second-order valence-corrected chi connectivity index (χ2v) is 8.39. The minimum absolute atomic E-state index is 0.140. The Kier molecular flexibility index (Phi) is 7.81. The molecule has 0 saturated carbocycles. The predicted molar refractivity (Wildman–Crippen MR) is 120 cm³/mol. The number of likely N-dealkylation sites (tertiary alicyclic amines) is 1. The summed E-state index contributed by atoms with van der Waals surface area (Å²) in [5.41, 5.74) is 1.89. The summed E-state index contributed by atoms with van der Waals surface area (Å²) in [5, 5.41) is 2.85. The normalized spacial score (nSPS) is 16.4. The van der Waals surface area contributed by atoms with Crippen molar-refractivity contribution in [2.24, 2.45) is 5.92 Å². The van der Waals surface area contributed by atoms with Crippen LogP contribution < -0.4 is 5.32 Å². The van der Waals surface area contributed by atoms with E-state index < -0.39 is 11.9 Å². The number of anilines is 1. The van der Waals surface area contributed by atoms with Crippen LogP contribution in [0.15, 0.2) is 46.9 Å². The van der Waals surface area contributed by atoms with Gasteiger partial charge in [-0.15, -0.1) is 0 Å². The number of halogens is 1. The molecule has 7 nitrogen and oxygen atoms in total. The monoisotopic (exact) mass is 488 g/mol. The van der Waals surface area contributed by atoms with Crippen LogP contribution in [0.1, 0.15) is 39.1 Å². The van der Waals surface area contributed by atoms with Gasteiger partial charge in [-0.2, -0.15) is 0 Å². The summed E-state index contributed by atoms with van der Waals surface area (Å²) in [5.74, 6) is -1.52. The summed E-state index contributed by atoms with van der Waals surface area (Å²) in [6.45, 7) is 2.36. The molecular weight excluding hydrogens is 464 g/mol. The van der Waals surface area contributed by atoms with Crippen molar-refractivity contribution in [3.8, 4) is 0 Å². The lowest BCUT2D eigenvalue weighted by molar-refractivity contribution is -0.121. The highest BCUT2D eigenvalue weighted by molar-refractivity contribution is 9.10. The molecule has 2 aromatic carbocycles. The fourth-order valence-electron chi connectivity index (χ4n) is 3.68. The fraction of sp³-hybridized carbons (Fsp3) is 0.348. The number of hydrogen-bond donors (Lipinski definition) is 1. The molecule has 0 bridgehead atoms. The minimum atomic E-state index is -0.598. The first-order chi connectivity index (χ1) is 14.9. The highest BCUT2D eigenvalue weighted by Crippen LogP contribution is 2.23. The number of carbonyl (C=O) groups excluding carboxylic acids is 3. The number of hydrogen-bond acceptors (Lipinski definition) is 6. The van der Waals surface area contributed by atoms with E-state index in [0.717, 1.165) is 30.4 Å². The highest BCUT2D eigenvalue weighted by Gasteiger charge is 2.26. The van der Waals surface area contributed by atoms with Crippen molar-refractivity contribution in [3.05, 3.63) is 63.6 Å². The Bertz CT molecular complexity index is 927. The van der Waals surface area contributed by atoms with Gasteiger partial charge in [0.15, 0.2) is 0 Å². The van der Waals surface area contributed by atoms with Crippen LogP contribution in [0.4, 0.5) is 5.69 Å². The van der Waals surface area contributed by atoms with E-state index >= 15 is 0 Å². The molecule has 0 aromatic heterocycles. The standard InChI is InChI=1S/C23H25BrN2O5/c1-30-22(28)17-10-18(23(29)31-2)12-20(11-17)25-21(27)16-4-3-9-26(14-16)13-15-5-7-19(24)8-6-15/h5-8,10-12,16H,3-4,9,13-14H2,1-2H3,(H,25,27). The lowest BCUT2D eigenvalue weighted by atomic mass is 9.96. The van der Waals surface area contributed by atoms with Gasteiger partial charge < -0.3 is 14.8 Å². The van der Waals surface area contributed by atoms with Crippen molar-refractivity contribution >= 4 is 39.5 Å². The molecule has 1 unspecified atom stereocenters. The van der Waals surface area contributed by atoms with E-state index in [2.05, 4.69) is 38.3 Å². The Labute approximate surface area is 189 Å². The SMILES string of the molecule is COC(=O)c1cc(NC(=O)C2CCCN(Cc3ccc(Br)cc3)C2)cc(C(=O)OC)c1. The summed E-state index contributed by atoms with van der Waals surface area (Å²) in [4.78, 5) is 39.1. The zero-order chi connectivity index (χ0) is 22.4. The number of esters is 2. The number of ether oxygens (including phenoxy) is 2. The third kappa shape index (κ3) is 6.15. The number of carbonyl (C=O) groups is 3. The van der Waals surface area contributed by atoms with Gasteiger partial charge in [-0.3, -0.25) is 9.69 Å². The Morgan fingerprint density at radius 3 is 2.23 bits per heavy atom. The van der Waals surface area contributed by atoms with Crippen molar-refractivity contribution in [2.45, 2.75) is 19.4 Å². The summed E-state index contributed by atoms with van der Waals surface area (Å²) >= 11 is 3.44. The smallest absolute Gasteiger partial charge is 0.337 e. The van der Waals surface area contributed by atoms with Crippen molar-refractivity contribution < 1.29 is 23.9 Å². The molecular formula is C23H25BrN2O5. The van der Waals surface area contributed by atoms with Crippen molar-refractivity contribution in [2.75, 3.05) is 32.6 Å². The summed E-state index contributed by atoms with van der Waals surface area (Å²) in [7, 11) is 2.51. The van der Waals surface area contributed by atoms with E-state index in [1.807, 2.05) is 12.1 Å². The molecule has 1 heterocycles. The van der Waals surface area contributed by atoms with Crippen LogP contribution in [0.5, 0.6) is 0 Å². The van der Waals surface area contributed by atoms with Gasteiger partial charge in [0.1, 0.15) is 0 Å². The zero-order valence-electron chi connectivity index (χ0n) is 17.5. The van der Waals surface area contributed by atoms with Crippen molar-refractivity contribution in [1.29, 1.82) is 0 Å². The third-order valence-electron chi connectivity index (χ3n) is 5.24. The Morgan fingerprint density at radius 1 is 1.03 bits per heavy atom. The predicted octanol–water partition coefficient (Wildman–Crippen LogP) is 3.87. The van der Waals surface area contributed by atoms with Gasteiger partial charge in [0.25, 0.3) is 0 Å². The summed E-state index contributed by atoms with van der Waals surface area (Å²) < 4.78 is 10.5. The number of methoxy groups -OCH3 is 2. The van der Waals surface area contributed by atoms with Crippen molar-refractivity contribution in [3.63, 3.8) is 0 Å². The lowest BCUT2D eigenvalue weighted by Gasteiger charge is -2.32. The molecule has 1 aliphatic rings. The average molecular weight is 489 g/mol. The molecule has 1 aliphatic heterocycles. The highest BCUT2D eigenvalue weighted by atomic mass is 79.9. The minimum Gasteiger partial charge on any atom is -0.465 e. The maximum Gasteiger partial charge on any atom is 0.337 e. The van der Waals surface area contributed by atoms with Crippen LogP contribution in [0, 0.1) is 5.92 Å². The van der Waals surface area contributed by atoms with Crippen LogP contribution in [-0.4, -0.2) is 50.1 Å². The van der Waals surface area contributed by atoms with E-state index in [0.29, 0.717) is 12.2 Å². The van der Waals surface area contributed by atoms with E-state index in [1.54, 1.807) is 0 Å². The summed E-state index contributed by atoms with van der Waals surface area (Å²) in [6, 6.07) is 12.5. The second kappa shape index (κ2) is 10.5. The van der Waals surface area contributed by atoms with Gasteiger partial charge in [-0.05, 0) is 55.3 Å². The number of amides is 1. The number of piperidine rings is 1. The van der Waals surface area contributed by atoms with E-state index in [1.165, 1.54) is 38.0 Å². The second-order valence-electron chi connectivity index (χ2n) is 7.47. The van der Waals surface area contributed by atoms with Crippen LogP contribution in [0.2, 0.25) is 0 Å². The molecule has 164 valence electrons. The Balaban J connectivity index is 1.70. The Morgan fingerprint density at radius 2 is 1.65 bits per heavy atom. The first-order valence-electron chi connectivity index (χ1n) is 9.99. The van der Waals surface area contributed by atoms with Gasteiger partial charge in [0.2, 0.25) is 5.91 Å². The molecule has 0 radical (unpaired) electrons. The van der Waals surface area contributed by atoms with Gasteiger partial charge in [0.05, 0.1) is 31.3 Å². The molecule has 8 heteroatoms. The fourth-order valence-corrected chi connectivity index (χ4v) is 3.94. The van der Waals surface area contributed by atoms with E-state index in [-0.39, 0.29) is 23.0 Å². The molecule has 1 saturated heterocycles. The molecule has 1 N–H and O–H groups in total. The van der Waals surface area contributed by atoms with Crippen LogP contribution >= 0.6 is 15.9 Å². The zero-order valence-corrected chi connectivity index (χ0v) is 19.1. The topological polar surface area (TPSA) is 84.9 Å². The summed E-state index contributed by atoms with van der Waals surface area (Å²) in [6.07, 6.45) is 1.70. The Hall–Kier alpha value is -2.71. The molecule has 0 spiro atoms. The molecule has 1 atom stereocenters.